The zero-order chi connectivity index (χ0) is 25.4. The molecule has 0 saturated carbocycles. The fourth-order valence-corrected chi connectivity index (χ4v) is 5.14. The van der Waals surface area contributed by atoms with Gasteiger partial charge in [-0.1, -0.05) is 55.5 Å². The van der Waals surface area contributed by atoms with E-state index in [9.17, 15) is 22.4 Å². The molecule has 0 aliphatic carbocycles. The van der Waals surface area contributed by atoms with Crippen molar-refractivity contribution in [3.63, 3.8) is 0 Å². The van der Waals surface area contributed by atoms with Crippen LogP contribution in [0.2, 0.25) is 0 Å². The van der Waals surface area contributed by atoms with Crippen LogP contribution in [0.25, 0.3) is 0 Å². The summed E-state index contributed by atoms with van der Waals surface area (Å²) in [5, 5.41) is 2.58. The Morgan fingerprint density at radius 1 is 0.914 bits per heavy atom. The minimum absolute atomic E-state index is 0.130. The molecule has 0 unspecified atom stereocenters. The lowest BCUT2D eigenvalue weighted by Gasteiger charge is -2.33. The first-order valence-corrected chi connectivity index (χ1v) is 12.6. The van der Waals surface area contributed by atoms with Crippen molar-refractivity contribution >= 4 is 27.5 Å². The summed E-state index contributed by atoms with van der Waals surface area (Å²) in [7, 11) is -2.72. The highest BCUT2D eigenvalue weighted by Gasteiger charge is 2.33. The number of hydrogen-bond acceptors (Lipinski definition) is 4. The Labute approximate surface area is 205 Å². The monoisotopic (exact) mass is 497 g/mol. The Balaban J connectivity index is 2.02. The molecule has 2 amide bonds. The molecule has 1 N–H and O–H groups in total. The fraction of sp³-hybridized carbons (Fsp3) is 0.231. The normalized spacial score (nSPS) is 12.0. The van der Waals surface area contributed by atoms with Gasteiger partial charge in [0.1, 0.15) is 18.4 Å². The predicted octanol–water partition coefficient (Wildman–Crippen LogP) is 3.57. The number of anilines is 1. The largest absolute Gasteiger partial charge is 0.357 e. The number of sulfonamides is 1. The molecule has 9 heteroatoms. The van der Waals surface area contributed by atoms with E-state index in [4.69, 9.17) is 0 Å². The van der Waals surface area contributed by atoms with E-state index in [1.807, 2.05) is 30.3 Å². The predicted molar refractivity (Wildman–Crippen MR) is 133 cm³/mol. The fourth-order valence-electron chi connectivity index (χ4n) is 3.72. The van der Waals surface area contributed by atoms with E-state index in [0.717, 1.165) is 34.1 Å². The highest BCUT2D eigenvalue weighted by molar-refractivity contribution is 7.92. The van der Waals surface area contributed by atoms with E-state index in [1.165, 1.54) is 11.9 Å². The molecular weight excluding hydrogens is 469 g/mol. The van der Waals surface area contributed by atoms with Crippen LogP contribution in [-0.2, 0) is 26.2 Å². The number of benzene rings is 3. The van der Waals surface area contributed by atoms with Crippen LogP contribution in [0.5, 0.6) is 0 Å². The van der Waals surface area contributed by atoms with Crippen LogP contribution >= 0.6 is 0 Å². The number of amides is 2. The van der Waals surface area contributed by atoms with Crippen molar-refractivity contribution in [1.29, 1.82) is 0 Å². The standard InChI is InChI=1S/C26H28FN3O4S/c1-3-24(26(32)28-2)29(18-20-10-6-4-7-11-20)25(31)19-30(22-12-8-5-9-13-22)35(33,34)23-16-14-21(27)15-17-23/h4-17,24H,3,18-19H2,1-2H3,(H,28,32)/t24-/m0/s1. The number of carbonyl (C=O) groups excluding carboxylic acids is 2. The lowest BCUT2D eigenvalue weighted by Crippen LogP contribution is -2.51. The van der Waals surface area contributed by atoms with Crippen molar-refractivity contribution in [1.82, 2.24) is 10.2 Å². The summed E-state index contributed by atoms with van der Waals surface area (Å²) in [5.74, 6) is -1.46. The summed E-state index contributed by atoms with van der Waals surface area (Å²) in [6, 6.07) is 21.0. The number of para-hydroxylation sites is 1. The third kappa shape index (κ3) is 6.24. The summed E-state index contributed by atoms with van der Waals surface area (Å²) >= 11 is 0. The highest BCUT2D eigenvalue weighted by atomic mass is 32.2. The first-order valence-electron chi connectivity index (χ1n) is 11.2. The van der Waals surface area contributed by atoms with Gasteiger partial charge in [-0.15, -0.1) is 0 Å². The van der Waals surface area contributed by atoms with Gasteiger partial charge in [-0.25, -0.2) is 12.8 Å². The van der Waals surface area contributed by atoms with Crippen molar-refractivity contribution in [2.75, 3.05) is 17.9 Å². The molecular formula is C26H28FN3O4S. The molecule has 3 rings (SSSR count). The maximum absolute atomic E-state index is 13.7. The molecule has 0 saturated heterocycles. The molecule has 184 valence electrons. The second-order valence-electron chi connectivity index (χ2n) is 7.85. The molecule has 1 atom stereocenters. The van der Waals surface area contributed by atoms with E-state index in [2.05, 4.69) is 5.32 Å². The van der Waals surface area contributed by atoms with E-state index in [1.54, 1.807) is 37.3 Å². The van der Waals surface area contributed by atoms with Crippen LogP contribution < -0.4 is 9.62 Å². The number of halogens is 1. The molecule has 3 aromatic rings. The maximum Gasteiger partial charge on any atom is 0.264 e. The third-order valence-corrected chi connectivity index (χ3v) is 7.34. The SMILES string of the molecule is CC[C@@H](C(=O)NC)N(Cc1ccccc1)C(=O)CN(c1ccccc1)S(=O)(=O)c1ccc(F)cc1. The summed E-state index contributed by atoms with van der Waals surface area (Å²) in [6.45, 7) is 1.38. The van der Waals surface area contributed by atoms with Gasteiger partial charge in [0.05, 0.1) is 10.6 Å². The van der Waals surface area contributed by atoms with E-state index < -0.39 is 34.3 Å². The number of likely N-dealkylation sites (N-methyl/N-ethyl adjacent to an activating group) is 1. The second-order valence-corrected chi connectivity index (χ2v) is 9.71. The molecule has 0 heterocycles. The molecule has 0 fully saturated rings. The van der Waals surface area contributed by atoms with Gasteiger partial charge in [0.2, 0.25) is 11.8 Å². The first kappa shape index (κ1) is 25.9. The topological polar surface area (TPSA) is 86.8 Å². The van der Waals surface area contributed by atoms with Crippen LogP contribution in [0.4, 0.5) is 10.1 Å². The second kappa shape index (κ2) is 11.6. The van der Waals surface area contributed by atoms with E-state index in [-0.39, 0.29) is 23.0 Å². The number of carbonyl (C=O) groups is 2. The molecule has 0 bridgehead atoms. The van der Waals surface area contributed by atoms with Gasteiger partial charge < -0.3 is 10.2 Å². The molecule has 3 aromatic carbocycles. The van der Waals surface area contributed by atoms with Gasteiger partial charge in [0.15, 0.2) is 0 Å². The summed E-state index contributed by atoms with van der Waals surface area (Å²) < 4.78 is 41.5. The van der Waals surface area contributed by atoms with Gasteiger partial charge >= 0.3 is 0 Å². The highest BCUT2D eigenvalue weighted by Crippen LogP contribution is 2.24. The summed E-state index contributed by atoms with van der Waals surface area (Å²) in [4.78, 5) is 27.5. The third-order valence-electron chi connectivity index (χ3n) is 5.55. The van der Waals surface area contributed by atoms with E-state index >= 15 is 0 Å². The zero-order valence-corrected chi connectivity index (χ0v) is 20.4. The van der Waals surface area contributed by atoms with Gasteiger partial charge in [-0.05, 0) is 48.4 Å². The van der Waals surface area contributed by atoms with Crippen molar-refractivity contribution in [3.8, 4) is 0 Å². The quantitative estimate of drug-likeness (QED) is 0.464. The van der Waals surface area contributed by atoms with Gasteiger partial charge in [-0.3, -0.25) is 13.9 Å². The molecule has 0 aliphatic heterocycles. The van der Waals surface area contributed by atoms with Gasteiger partial charge in [0.25, 0.3) is 10.0 Å². The van der Waals surface area contributed by atoms with Crippen LogP contribution in [0.3, 0.4) is 0 Å². The summed E-state index contributed by atoms with van der Waals surface area (Å²) in [6.07, 6.45) is 0.342. The lowest BCUT2D eigenvalue weighted by molar-refractivity contribution is -0.140. The Morgan fingerprint density at radius 3 is 2.03 bits per heavy atom. The number of nitrogens with one attached hydrogen (secondary N) is 1. The number of rotatable bonds is 10. The molecule has 7 nitrogen and oxygen atoms in total. The minimum atomic E-state index is -4.21. The van der Waals surface area contributed by atoms with Crippen molar-refractivity contribution in [2.24, 2.45) is 0 Å². The number of nitrogens with zero attached hydrogens (tertiary/aromatic N) is 2. The van der Waals surface area contributed by atoms with Crippen molar-refractivity contribution in [3.05, 3.63) is 96.3 Å². The summed E-state index contributed by atoms with van der Waals surface area (Å²) in [5.41, 5.74) is 1.08. The van der Waals surface area contributed by atoms with Crippen LogP contribution in [0.15, 0.2) is 89.8 Å². The first-order chi connectivity index (χ1) is 16.8. The molecule has 0 aliphatic rings. The average Bonchev–Trinajstić information content (AvgIpc) is 2.88. The Bertz CT molecular complexity index is 1240. The van der Waals surface area contributed by atoms with Crippen LogP contribution in [-0.4, -0.2) is 44.8 Å². The Kier molecular flexibility index (Phi) is 8.59. The van der Waals surface area contributed by atoms with Gasteiger partial charge in [-0.2, -0.15) is 0 Å². The van der Waals surface area contributed by atoms with Crippen LogP contribution in [0, 0.1) is 5.82 Å². The Hall–Kier alpha value is -3.72. The molecule has 0 aromatic heterocycles. The molecule has 0 spiro atoms. The van der Waals surface area contributed by atoms with Crippen molar-refractivity contribution in [2.45, 2.75) is 30.8 Å². The van der Waals surface area contributed by atoms with Crippen molar-refractivity contribution < 1.29 is 22.4 Å². The van der Waals surface area contributed by atoms with Gasteiger partial charge in [0, 0.05) is 13.6 Å². The van der Waals surface area contributed by atoms with Crippen LogP contribution in [0.1, 0.15) is 18.9 Å². The Morgan fingerprint density at radius 2 is 1.49 bits per heavy atom. The average molecular weight is 498 g/mol. The maximum atomic E-state index is 13.7. The molecule has 0 radical (unpaired) electrons. The van der Waals surface area contributed by atoms with E-state index in [0.29, 0.717) is 6.42 Å². The smallest absolute Gasteiger partial charge is 0.264 e. The lowest BCUT2D eigenvalue weighted by atomic mass is 10.1. The zero-order valence-electron chi connectivity index (χ0n) is 19.6. The molecule has 35 heavy (non-hydrogen) atoms. The minimum Gasteiger partial charge on any atom is -0.357 e. The number of hydrogen-bond donors (Lipinski definition) is 1.